The molecule has 2 fully saturated rings. The minimum Gasteiger partial charge on any atom is -0.346 e. The Balaban J connectivity index is 1.53. The van der Waals surface area contributed by atoms with Crippen molar-refractivity contribution >= 4 is 50.9 Å². The lowest BCUT2D eigenvalue weighted by Crippen LogP contribution is -2.62. The van der Waals surface area contributed by atoms with E-state index in [1.165, 1.54) is 26.6 Å². The first kappa shape index (κ1) is 40.0. The first-order chi connectivity index (χ1) is 23.8. The van der Waals surface area contributed by atoms with Crippen molar-refractivity contribution in [2.75, 3.05) is 19.6 Å². The molecule has 1 saturated heterocycles. The molecule has 1 aliphatic carbocycles. The normalized spacial score (nSPS) is 22.8. The topological polar surface area (TPSA) is 174 Å². The van der Waals surface area contributed by atoms with Crippen molar-refractivity contribution in [2.24, 2.45) is 22.7 Å². The molecule has 3 heterocycles. The molecular weight excluding hydrogens is 693 g/mol. The van der Waals surface area contributed by atoms with Crippen molar-refractivity contribution in [3.8, 4) is 12.3 Å². The van der Waals surface area contributed by atoms with E-state index in [2.05, 4.69) is 33.8 Å². The predicted molar refractivity (Wildman–Crippen MR) is 195 cm³/mol. The van der Waals surface area contributed by atoms with Gasteiger partial charge in [0.25, 0.3) is 5.91 Å². The summed E-state index contributed by atoms with van der Waals surface area (Å²) in [6.07, 6.45) is 9.50. The molecule has 13 nitrogen and oxygen atoms in total. The first-order valence-corrected chi connectivity index (χ1v) is 19.7. The van der Waals surface area contributed by atoms with Crippen LogP contribution >= 0.6 is 11.3 Å². The largest absolute Gasteiger partial charge is 0.346 e. The molecule has 51 heavy (non-hydrogen) atoms. The van der Waals surface area contributed by atoms with Crippen LogP contribution in [0.25, 0.3) is 0 Å². The third-order valence-corrected chi connectivity index (χ3v) is 13.0. The highest BCUT2D eigenvalue weighted by Gasteiger charge is 2.52. The fourth-order valence-electron chi connectivity index (χ4n) is 7.14. The van der Waals surface area contributed by atoms with Crippen LogP contribution in [-0.4, -0.2) is 91.0 Å². The number of sulfonamides is 1. The molecule has 3 aliphatic rings. The molecule has 1 saturated carbocycles. The number of ketones is 1. The van der Waals surface area contributed by atoms with Gasteiger partial charge in [0.2, 0.25) is 27.6 Å². The van der Waals surface area contributed by atoms with Crippen LogP contribution < -0.4 is 21.3 Å². The summed E-state index contributed by atoms with van der Waals surface area (Å²) < 4.78 is 27.8. The third kappa shape index (κ3) is 9.02. The van der Waals surface area contributed by atoms with Gasteiger partial charge in [-0.1, -0.05) is 54.0 Å². The number of nitrogens with one attached hydrogen (secondary N) is 4. The molecule has 5 amide bonds. The number of rotatable bonds is 13. The average molecular weight is 745 g/mol. The van der Waals surface area contributed by atoms with Gasteiger partial charge >= 0.3 is 6.03 Å². The Labute approximate surface area is 305 Å². The van der Waals surface area contributed by atoms with Crippen LogP contribution in [0.15, 0.2) is 29.0 Å². The SMILES string of the molecule is C#CCCC(NC(=O)[C@@H]1[C@H]2CCC[C@H]2CN1C(=O)[C@@H](NC(=O)N[C@H](CN1Cc2sccc2S1(=O)=O)C(C)(C)C)C(C)(C)C)C(=O)C(=O)NCC=C. The Morgan fingerprint density at radius 1 is 1.08 bits per heavy atom. The fourth-order valence-corrected chi connectivity index (χ4v) is 10.1. The van der Waals surface area contributed by atoms with Gasteiger partial charge in [-0.3, -0.25) is 19.2 Å². The van der Waals surface area contributed by atoms with Gasteiger partial charge in [-0.2, -0.15) is 4.31 Å². The van der Waals surface area contributed by atoms with E-state index in [4.69, 9.17) is 6.42 Å². The number of hydrogen-bond donors (Lipinski definition) is 4. The van der Waals surface area contributed by atoms with Crippen LogP contribution in [0.1, 0.15) is 78.5 Å². The third-order valence-electron chi connectivity index (χ3n) is 10.1. The molecule has 4 rings (SSSR count). The molecule has 15 heteroatoms. The summed E-state index contributed by atoms with van der Waals surface area (Å²) in [6.45, 7) is 15.3. The van der Waals surface area contributed by atoms with Crippen molar-refractivity contribution < 1.29 is 32.4 Å². The molecular formula is C36H52N6O7S2. The molecule has 2 aliphatic heterocycles. The summed E-state index contributed by atoms with van der Waals surface area (Å²) in [5, 5.41) is 12.7. The summed E-state index contributed by atoms with van der Waals surface area (Å²) >= 11 is 1.38. The molecule has 6 atom stereocenters. The van der Waals surface area contributed by atoms with Gasteiger partial charge in [-0.15, -0.1) is 30.3 Å². The molecule has 4 N–H and O–H groups in total. The second-order valence-electron chi connectivity index (χ2n) is 15.8. The van der Waals surface area contributed by atoms with Crippen LogP contribution in [0.4, 0.5) is 4.79 Å². The number of hydrogen-bond acceptors (Lipinski definition) is 8. The Hall–Kier alpha value is -3.74. The van der Waals surface area contributed by atoms with E-state index in [9.17, 15) is 32.4 Å². The van der Waals surface area contributed by atoms with Crippen molar-refractivity contribution in [3.05, 3.63) is 29.0 Å². The molecule has 0 radical (unpaired) electrons. The van der Waals surface area contributed by atoms with Crippen molar-refractivity contribution in [1.29, 1.82) is 0 Å². The lowest BCUT2D eigenvalue weighted by molar-refractivity contribution is -0.144. The van der Waals surface area contributed by atoms with E-state index in [0.717, 1.165) is 17.7 Å². The lowest BCUT2D eigenvalue weighted by atomic mass is 9.85. The molecule has 0 spiro atoms. The minimum absolute atomic E-state index is 0.0394. The van der Waals surface area contributed by atoms with Crippen LogP contribution in [0.2, 0.25) is 0 Å². The van der Waals surface area contributed by atoms with E-state index in [1.807, 2.05) is 41.5 Å². The second kappa shape index (κ2) is 15.9. The number of carbonyl (C=O) groups excluding carboxylic acids is 5. The zero-order valence-corrected chi connectivity index (χ0v) is 32.0. The average Bonchev–Trinajstić information content (AvgIpc) is 3.82. The monoisotopic (exact) mass is 744 g/mol. The Kier molecular flexibility index (Phi) is 12.5. The Morgan fingerprint density at radius 2 is 1.78 bits per heavy atom. The number of thiophene rings is 1. The summed E-state index contributed by atoms with van der Waals surface area (Å²) in [4.78, 5) is 70.4. The molecule has 0 aromatic carbocycles. The number of urea groups is 1. The van der Waals surface area contributed by atoms with Crippen molar-refractivity contribution in [1.82, 2.24) is 30.5 Å². The van der Waals surface area contributed by atoms with E-state index < -0.39 is 74.6 Å². The Bertz CT molecular complexity index is 1670. The zero-order chi connectivity index (χ0) is 37.9. The maximum absolute atomic E-state index is 14.5. The van der Waals surface area contributed by atoms with Crippen molar-refractivity contribution in [3.63, 3.8) is 0 Å². The highest BCUT2D eigenvalue weighted by atomic mass is 32.2. The van der Waals surface area contributed by atoms with Crippen LogP contribution in [0.3, 0.4) is 0 Å². The number of Topliss-reactive ketones (excluding diaryl/α,β-unsaturated/α-hetero) is 1. The number of carbonyl (C=O) groups is 5. The molecule has 1 unspecified atom stereocenters. The summed E-state index contributed by atoms with van der Waals surface area (Å²) in [5.74, 6) is -0.344. The van der Waals surface area contributed by atoms with Crippen LogP contribution in [0.5, 0.6) is 0 Å². The lowest BCUT2D eigenvalue weighted by Gasteiger charge is -2.38. The zero-order valence-electron chi connectivity index (χ0n) is 30.4. The Morgan fingerprint density at radius 3 is 2.39 bits per heavy atom. The molecule has 1 aromatic rings. The molecule has 280 valence electrons. The van der Waals surface area contributed by atoms with E-state index in [0.29, 0.717) is 17.9 Å². The van der Waals surface area contributed by atoms with Crippen LogP contribution in [0, 0.1) is 35.0 Å². The minimum atomic E-state index is -3.70. The van der Waals surface area contributed by atoms with Crippen molar-refractivity contribution in [2.45, 2.75) is 109 Å². The quantitative estimate of drug-likeness (QED) is 0.137. The number of terminal acetylenes is 1. The number of likely N-dealkylation sites (tertiary alicyclic amines) is 1. The van der Waals surface area contributed by atoms with Gasteiger partial charge in [0.05, 0.1) is 10.9 Å². The predicted octanol–water partition coefficient (Wildman–Crippen LogP) is 2.78. The van der Waals surface area contributed by atoms with Gasteiger partial charge in [-0.05, 0) is 53.4 Å². The van der Waals surface area contributed by atoms with E-state index >= 15 is 0 Å². The molecule has 0 bridgehead atoms. The number of fused-ring (bicyclic) bond motifs is 2. The standard InChI is InChI=1S/C36H52N6O7S2/c1-9-11-15-24(29(43)32(45)37-17-10-2)38-31(44)28-23-14-12-13-22(23)19-42(28)33(46)30(36(6,7)8)40-34(47)39-27(35(3,4)5)21-41-20-25-26(16-18-50-25)51(41,48)49/h1,10,16,18,22-24,27-28,30H,2,11-15,17,19-21H2,3-8H3,(H,37,45)(H,38,44)(H2,39,40,47)/t22-,23-,24?,27+,28-,30+/m0/s1. The van der Waals surface area contributed by atoms with Gasteiger partial charge in [-0.25, -0.2) is 13.2 Å². The maximum Gasteiger partial charge on any atom is 0.315 e. The van der Waals surface area contributed by atoms with E-state index in [-0.39, 0.29) is 44.3 Å². The van der Waals surface area contributed by atoms with Gasteiger partial charge in [0.1, 0.15) is 12.1 Å². The highest BCUT2D eigenvalue weighted by Crippen LogP contribution is 2.43. The number of amides is 5. The van der Waals surface area contributed by atoms with Gasteiger partial charge in [0, 0.05) is 43.5 Å². The second-order valence-corrected chi connectivity index (χ2v) is 18.7. The summed E-state index contributed by atoms with van der Waals surface area (Å²) in [6, 6.07) is -2.81. The highest BCUT2D eigenvalue weighted by molar-refractivity contribution is 7.89. The number of nitrogens with zero attached hydrogens (tertiary/aromatic N) is 2. The smallest absolute Gasteiger partial charge is 0.315 e. The van der Waals surface area contributed by atoms with Gasteiger partial charge in [0.15, 0.2) is 0 Å². The van der Waals surface area contributed by atoms with E-state index in [1.54, 1.807) is 11.4 Å². The summed E-state index contributed by atoms with van der Waals surface area (Å²) in [7, 11) is -3.70. The maximum atomic E-state index is 14.5. The first-order valence-electron chi connectivity index (χ1n) is 17.4. The molecule has 1 aromatic heterocycles. The van der Waals surface area contributed by atoms with Crippen LogP contribution in [-0.2, 0) is 35.7 Å². The fraction of sp³-hybridized carbons (Fsp3) is 0.639. The summed E-state index contributed by atoms with van der Waals surface area (Å²) in [5.41, 5.74) is -1.33. The van der Waals surface area contributed by atoms with Gasteiger partial charge < -0.3 is 26.2 Å².